The van der Waals surface area contributed by atoms with Crippen LogP contribution in [0.3, 0.4) is 0 Å². The molecule has 0 amide bonds. The van der Waals surface area contributed by atoms with E-state index in [4.69, 9.17) is 40.2 Å². The zero-order chi connectivity index (χ0) is 14.5. The normalized spacial score (nSPS) is 9.95. The van der Waals surface area contributed by atoms with Crippen molar-refractivity contribution in [3.8, 4) is 5.75 Å². The van der Waals surface area contributed by atoms with Crippen LogP contribution in [0.15, 0.2) is 42.5 Å². The number of hydrogen-bond acceptors (Lipinski definition) is 2. The molecule has 0 atom stereocenters. The van der Waals surface area contributed by atoms with Gasteiger partial charge in [-0.25, -0.2) is 0 Å². The van der Waals surface area contributed by atoms with E-state index in [9.17, 15) is 0 Å². The van der Waals surface area contributed by atoms with Crippen molar-refractivity contribution in [2.24, 2.45) is 0 Å². The summed E-state index contributed by atoms with van der Waals surface area (Å²) in [5.41, 5.74) is 1.59. The van der Waals surface area contributed by atoms with Crippen molar-refractivity contribution in [2.45, 2.75) is 0 Å². The van der Waals surface area contributed by atoms with Crippen molar-refractivity contribution in [1.82, 2.24) is 0 Å². The largest absolute Gasteiger partial charge is 0.497 e. The number of ether oxygens (including phenoxy) is 1. The Morgan fingerprint density at radius 3 is 2.05 bits per heavy atom. The van der Waals surface area contributed by atoms with Crippen LogP contribution >= 0.6 is 35.4 Å². The molecule has 0 radical (unpaired) electrons. The van der Waals surface area contributed by atoms with Gasteiger partial charge >= 0.3 is 0 Å². The van der Waals surface area contributed by atoms with Crippen LogP contribution < -0.4 is 15.4 Å². The third kappa shape index (κ3) is 4.27. The highest BCUT2D eigenvalue weighted by molar-refractivity contribution is 7.80. The molecule has 3 nitrogen and oxygen atoms in total. The lowest BCUT2D eigenvalue weighted by molar-refractivity contribution is 0.415. The van der Waals surface area contributed by atoms with Crippen LogP contribution in [0.25, 0.3) is 0 Å². The fourth-order valence-corrected chi connectivity index (χ4v) is 2.36. The molecular formula is C14H12Cl2N2OS. The summed E-state index contributed by atoms with van der Waals surface area (Å²) in [5, 5.41) is 7.63. The van der Waals surface area contributed by atoms with Crippen molar-refractivity contribution in [1.29, 1.82) is 0 Å². The van der Waals surface area contributed by atoms with Gasteiger partial charge in [-0.1, -0.05) is 23.2 Å². The Morgan fingerprint density at radius 1 is 0.950 bits per heavy atom. The molecule has 2 rings (SSSR count). The maximum absolute atomic E-state index is 5.93. The molecule has 0 saturated heterocycles. The van der Waals surface area contributed by atoms with Crippen molar-refractivity contribution >= 4 is 51.9 Å². The third-order valence-corrected chi connectivity index (χ3v) is 3.11. The van der Waals surface area contributed by atoms with E-state index in [1.54, 1.807) is 25.3 Å². The minimum Gasteiger partial charge on any atom is -0.497 e. The first-order valence-electron chi connectivity index (χ1n) is 5.75. The number of halogens is 2. The molecule has 0 aromatic heterocycles. The zero-order valence-corrected chi connectivity index (χ0v) is 12.9. The predicted molar refractivity (Wildman–Crippen MR) is 89.3 cm³/mol. The van der Waals surface area contributed by atoms with Gasteiger partial charge in [0, 0.05) is 21.4 Å². The summed E-state index contributed by atoms with van der Waals surface area (Å²) in [4.78, 5) is 0. The highest BCUT2D eigenvalue weighted by Gasteiger charge is 2.02. The molecule has 0 aliphatic heterocycles. The highest BCUT2D eigenvalue weighted by Crippen LogP contribution is 2.22. The molecule has 0 spiro atoms. The van der Waals surface area contributed by atoms with Gasteiger partial charge in [0.25, 0.3) is 0 Å². The maximum Gasteiger partial charge on any atom is 0.175 e. The monoisotopic (exact) mass is 326 g/mol. The molecule has 104 valence electrons. The molecule has 0 bridgehead atoms. The van der Waals surface area contributed by atoms with Crippen LogP contribution in [-0.2, 0) is 0 Å². The quantitative estimate of drug-likeness (QED) is 0.793. The Balaban J connectivity index is 2.01. The number of benzene rings is 2. The Morgan fingerprint density at radius 2 is 1.50 bits per heavy atom. The molecule has 0 aliphatic carbocycles. The minimum atomic E-state index is 0.452. The molecule has 2 aromatic carbocycles. The van der Waals surface area contributed by atoms with Crippen molar-refractivity contribution in [3.63, 3.8) is 0 Å². The Labute approximate surface area is 132 Å². The first-order valence-corrected chi connectivity index (χ1v) is 6.91. The molecule has 0 aliphatic rings. The van der Waals surface area contributed by atoms with E-state index in [-0.39, 0.29) is 0 Å². The number of anilines is 2. The second-order valence-electron chi connectivity index (χ2n) is 3.97. The van der Waals surface area contributed by atoms with Gasteiger partial charge < -0.3 is 15.4 Å². The van der Waals surface area contributed by atoms with Crippen LogP contribution in [-0.4, -0.2) is 12.2 Å². The van der Waals surface area contributed by atoms with Gasteiger partial charge in [0.1, 0.15) is 5.75 Å². The van der Waals surface area contributed by atoms with Gasteiger partial charge in [-0.2, -0.15) is 0 Å². The van der Waals surface area contributed by atoms with Crippen LogP contribution in [0.5, 0.6) is 5.75 Å². The third-order valence-electron chi connectivity index (χ3n) is 2.47. The van der Waals surface area contributed by atoms with Crippen LogP contribution in [0.4, 0.5) is 11.4 Å². The molecule has 6 heteroatoms. The molecule has 0 heterocycles. The molecule has 2 N–H and O–H groups in total. The number of thiocarbonyl (C=S) groups is 1. The smallest absolute Gasteiger partial charge is 0.175 e. The molecule has 2 aromatic rings. The second kappa shape index (κ2) is 6.79. The zero-order valence-electron chi connectivity index (χ0n) is 10.6. The lowest BCUT2D eigenvalue weighted by Gasteiger charge is -2.11. The first-order chi connectivity index (χ1) is 9.56. The van der Waals surface area contributed by atoms with Crippen molar-refractivity contribution in [3.05, 3.63) is 52.5 Å². The Kier molecular flexibility index (Phi) is 5.06. The summed E-state index contributed by atoms with van der Waals surface area (Å²) in [7, 11) is 1.62. The topological polar surface area (TPSA) is 33.3 Å². The number of nitrogens with one attached hydrogen (secondary N) is 2. The Bertz CT molecular complexity index is 597. The van der Waals surface area contributed by atoms with Crippen LogP contribution in [0.2, 0.25) is 10.0 Å². The molecule has 0 saturated carbocycles. The first kappa shape index (κ1) is 14.9. The average molecular weight is 327 g/mol. The summed E-state index contributed by atoms with van der Waals surface area (Å²) in [6, 6.07) is 12.6. The number of hydrogen-bond donors (Lipinski definition) is 2. The summed E-state index contributed by atoms with van der Waals surface area (Å²) in [5.74, 6) is 0.788. The predicted octanol–water partition coefficient (Wildman–Crippen LogP) is 4.81. The minimum absolute atomic E-state index is 0.452. The van der Waals surface area contributed by atoms with Crippen LogP contribution in [0.1, 0.15) is 0 Å². The molecular weight excluding hydrogens is 315 g/mol. The van der Waals surface area contributed by atoms with E-state index in [2.05, 4.69) is 10.6 Å². The second-order valence-corrected chi connectivity index (χ2v) is 5.25. The van der Waals surface area contributed by atoms with Gasteiger partial charge in [0.2, 0.25) is 0 Å². The van der Waals surface area contributed by atoms with E-state index >= 15 is 0 Å². The van der Waals surface area contributed by atoms with Gasteiger partial charge in [0.05, 0.1) is 7.11 Å². The maximum atomic E-state index is 5.93. The summed E-state index contributed by atoms with van der Waals surface area (Å²) in [6.07, 6.45) is 0. The van der Waals surface area contributed by atoms with E-state index < -0.39 is 0 Å². The van der Waals surface area contributed by atoms with Gasteiger partial charge in [0.15, 0.2) is 5.11 Å². The Hall–Kier alpha value is -1.49. The summed E-state index contributed by atoms with van der Waals surface area (Å²) >= 11 is 17.1. The SMILES string of the molecule is COc1ccc(NC(=S)Nc2cc(Cl)cc(Cl)c2)cc1. The molecule has 0 unspecified atom stereocenters. The summed E-state index contributed by atoms with van der Waals surface area (Å²) < 4.78 is 5.09. The molecule has 0 fully saturated rings. The van der Waals surface area contributed by atoms with E-state index in [0.717, 1.165) is 17.1 Å². The van der Waals surface area contributed by atoms with Crippen molar-refractivity contribution < 1.29 is 4.74 Å². The van der Waals surface area contributed by atoms with Gasteiger partial charge in [-0.3, -0.25) is 0 Å². The molecule has 20 heavy (non-hydrogen) atoms. The fourth-order valence-electron chi connectivity index (χ4n) is 1.59. The van der Waals surface area contributed by atoms with Crippen molar-refractivity contribution in [2.75, 3.05) is 17.7 Å². The number of rotatable bonds is 3. The lowest BCUT2D eigenvalue weighted by atomic mass is 10.3. The summed E-state index contributed by atoms with van der Waals surface area (Å²) in [6.45, 7) is 0. The van der Waals surface area contributed by atoms with Crippen LogP contribution in [0, 0.1) is 0 Å². The van der Waals surface area contributed by atoms with E-state index in [0.29, 0.717) is 15.2 Å². The van der Waals surface area contributed by atoms with E-state index in [1.807, 2.05) is 24.3 Å². The van der Waals surface area contributed by atoms with Gasteiger partial charge in [-0.05, 0) is 54.7 Å². The standard InChI is InChI=1S/C14H12Cl2N2OS/c1-19-13-4-2-11(3-5-13)17-14(20)18-12-7-9(15)6-10(16)8-12/h2-8H,1H3,(H2,17,18,20). The highest BCUT2D eigenvalue weighted by atomic mass is 35.5. The average Bonchev–Trinajstić information content (AvgIpc) is 2.38. The van der Waals surface area contributed by atoms with E-state index in [1.165, 1.54) is 0 Å². The lowest BCUT2D eigenvalue weighted by Crippen LogP contribution is -2.18. The number of methoxy groups -OCH3 is 1. The fraction of sp³-hybridized carbons (Fsp3) is 0.0714. The van der Waals surface area contributed by atoms with Gasteiger partial charge in [-0.15, -0.1) is 0 Å².